The molecule has 75 heavy (non-hydrogen) atoms. The van der Waals surface area contributed by atoms with Crippen LogP contribution in [0.15, 0.2) is 97.2 Å². The highest BCUT2D eigenvalue weighted by Crippen LogP contribution is 2.17. The maximum atomic E-state index is 12.9. The summed E-state index contributed by atoms with van der Waals surface area (Å²) in [6.45, 7) is 6.42. The fraction of sp³-hybridized carbons (Fsp3) is 0.725. The van der Waals surface area contributed by atoms with E-state index in [0.29, 0.717) is 19.3 Å². The molecule has 0 aliphatic carbocycles. The van der Waals surface area contributed by atoms with Crippen molar-refractivity contribution in [2.24, 2.45) is 0 Å². The molecular weight excluding hydrogens is 925 g/mol. The summed E-state index contributed by atoms with van der Waals surface area (Å²) in [7, 11) is 0. The van der Waals surface area contributed by atoms with Gasteiger partial charge in [0.2, 0.25) is 0 Å². The Kier molecular flexibility index (Phi) is 59.8. The number of rotatable bonds is 57. The van der Waals surface area contributed by atoms with E-state index < -0.39 is 6.10 Å². The van der Waals surface area contributed by atoms with Crippen LogP contribution in [0.3, 0.4) is 0 Å². The monoisotopic (exact) mass is 1040 g/mol. The fourth-order valence-corrected chi connectivity index (χ4v) is 8.90. The summed E-state index contributed by atoms with van der Waals surface area (Å²) in [6.07, 6.45) is 84.1. The Balaban J connectivity index is 4.39. The number of hydrogen-bond donors (Lipinski definition) is 0. The van der Waals surface area contributed by atoms with Crippen molar-refractivity contribution in [2.75, 3.05) is 13.2 Å². The molecule has 430 valence electrons. The van der Waals surface area contributed by atoms with Gasteiger partial charge in [-0.05, 0) is 96.3 Å². The Hall–Kier alpha value is -3.67. The van der Waals surface area contributed by atoms with Gasteiger partial charge in [0.05, 0.1) is 0 Å². The first-order valence-corrected chi connectivity index (χ1v) is 31.7. The van der Waals surface area contributed by atoms with Crippen LogP contribution in [-0.4, -0.2) is 37.2 Å². The van der Waals surface area contributed by atoms with Gasteiger partial charge in [0.25, 0.3) is 0 Å². The number of allylic oxidation sites excluding steroid dienone is 16. The van der Waals surface area contributed by atoms with Crippen LogP contribution in [0.5, 0.6) is 0 Å². The number of carbonyl (C=O) groups is 3. The zero-order chi connectivity index (χ0) is 54.3. The Labute approximate surface area is 464 Å². The third-order valence-corrected chi connectivity index (χ3v) is 13.6. The van der Waals surface area contributed by atoms with Gasteiger partial charge in [-0.2, -0.15) is 0 Å². The summed E-state index contributed by atoms with van der Waals surface area (Å²) < 4.78 is 16.9. The van der Waals surface area contributed by atoms with E-state index >= 15 is 0 Å². The molecule has 0 saturated heterocycles. The molecule has 0 aromatic rings. The van der Waals surface area contributed by atoms with Crippen LogP contribution in [0.2, 0.25) is 0 Å². The molecule has 0 heterocycles. The molecule has 6 nitrogen and oxygen atoms in total. The predicted octanol–water partition coefficient (Wildman–Crippen LogP) is 21.7. The fourth-order valence-electron chi connectivity index (χ4n) is 8.90. The van der Waals surface area contributed by atoms with Gasteiger partial charge < -0.3 is 14.2 Å². The van der Waals surface area contributed by atoms with Gasteiger partial charge in [-0.1, -0.05) is 285 Å². The lowest BCUT2D eigenvalue weighted by Gasteiger charge is -2.18. The second-order valence-corrected chi connectivity index (χ2v) is 20.9. The van der Waals surface area contributed by atoms with E-state index in [1.54, 1.807) is 0 Å². The molecule has 0 aliphatic rings. The summed E-state index contributed by atoms with van der Waals surface area (Å²) in [6, 6.07) is 0. The molecule has 1 atom stereocenters. The van der Waals surface area contributed by atoms with Crippen LogP contribution in [0.4, 0.5) is 0 Å². The highest BCUT2D eigenvalue weighted by atomic mass is 16.6. The van der Waals surface area contributed by atoms with Gasteiger partial charge in [0, 0.05) is 19.3 Å². The van der Waals surface area contributed by atoms with Crippen molar-refractivity contribution >= 4 is 17.9 Å². The van der Waals surface area contributed by atoms with Gasteiger partial charge in [-0.25, -0.2) is 0 Å². The first kappa shape index (κ1) is 71.3. The van der Waals surface area contributed by atoms with Crippen molar-refractivity contribution < 1.29 is 28.6 Å². The van der Waals surface area contributed by atoms with Crippen LogP contribution in [0, 0.1) is 0 Å². The lowest BCUT2D eigenvalue weighted by Crippen LogP contribution is -2.30. The topological polar surface area (TPSA) is 78.9 Å². The average molecular weight is 1040 g/mol. The number of carbonyl (C=O) groups excluding carboxylic acids is 3. The Morgan fingerprint density at radius 1 is 0.280 bits per heavy atom. The van der Waals surface area contributed by atoms with Crippen molar-refractivity contribution in [3.63, 3.8) is 0 Å². The second kappa shape index (κ2) is 62.9. The van der Waals surface area contributed by atoms with Gasteiger partial charge >= 0.3 is 17.9 Å². The molecule has 0 rings (SSSR count). The molecule has 0 aromatic heterocycles. The van der Waals surface area contributed by atoms with Gasteiger partial charge in [0.15, 0.2) is 6.10 Å². The van der Waals surface area contributed by atoms with Crippen LogP contribution >= 0.6 is 0 Å². The number of esters is 3. The molecule has 0 aliphatic heterocycles. The van der Waals surface area contributed by atoms with Gasteiger partial charge in [-0.15, -0.1) is 0 Å². The Morgan fingerprint density at radius 3 is 0.813 bits per heavy atom. The van der Waals surface area contributed by atoms with Crippen molar-refractivity contribution in [1.82, 2.24) is 0 Å². The van der Waals surface area contributed by atoms with Crippen molar-refractivity contribution in [1.29, 1.82) is 0 Å². The summed E-state index contributed by atoms with van der Waals surface area (Å²) in [5, 5.41) is 0. The van der Waals surface area contributed by atoms with Crippen LogP contribution in [0.1, 0.15) is 303 Å². The molecule has 0 fully saturated rings. The molecule has 0 radical (unpaired) electrons. The number of hydrogen-bond acceptors (Lipinski definition) is 6. The summed E-state index contributed by atoms with van der Waals surface area (Å²) >= 11 is 0. The molecule has 0 bridgehead atoms. The minimum absolute atomic E-state index is 0.0863. The maximum Gasteiger partial charge on any atom is 0.306 e. The van der Waals surface area contributed by atoms with Crippen LogP contribution in [-0.2, 0) is 28.6 Å². The first-order valence-electron chi connectivity index (χ1n) is 31.7. The van der Waals surface area contributed by atoms with E-state index in [4.69, 9.17) is 14.2 Å². The zero-order valence-corrected chi connectivity index (χ0v) is 49.3. The van der Waals surface area contributed by atoms with Gasteiger partial charge in [0.1, 0.15) is 13.2 Å². The lowest BCUT2D eigenvalue weighted by atomic mass is 10.0. The SMILES string of the molecule is CC/C=C\C/C=C\C/C=C\C/C=C\CCCCCCCCCCCCC(=O)OCC(COC(=O)CCCCCCCCCCCCCCCCCCC)OC(=O)CCCCCC/C=C\C/C=C\C/C=C\C/C=C\CC. The summed E-state index contributed by atoms with van der Waals surface area (Å²) in [5.41, 5.74) is 0. The standard InChI is InChI=1S/C69H118O6/c1-4-7-10-13-16-19-22-25-28-31-32-33-34-35-36-39-41-44-47-50-53-56-59-62-68(71)74-65-66(75-69(72)63-60-57-54-51-48-45-42-38-30-27-24-21-18-15-12-9-6-3)64-73-67(70)61-58-55-52-49-46-43-40-37-29-26-23-20-17-14-11-8-5-2/h7,9-10,12,16,18-19,21,25,27-28,30,32-33,42,45,66H,4-6,8,11,13-15,17,20,22-24,26,29,31,34-41,43-44,46-65H2,1-3H3/b10-7-,12-9-,19-16-,21-18-,28-25-,30-27-,33-32-,45-42-. The molecule has 0 N–H and O–H groups in total. The molecule has 0 amide bonds. The predicted molar refractivity (Wildman–Crippen MR) is 325 cm³/mol. The van der Waals surface area contributed by atoms with Gasteiger partial charge in [-0.3, -0.25) is 14.4 Å². The quantitative estimate of drug-likeness (QED) is 0.0261. The second-order valence-electron chi connectivity index (χ2n) is 20.9. The molecular formula is C69H118O6. The molecule has 1 unspecified atom stereocenters. The lowest BCUT2D eigenvalue weighted by molar-refractivity contribution is -0.167. The highest BCUT2D eigenvalue weighted by Gasteiger charge is 2.19. The summed E-state index contributed by atoms with van der Waals surface area (Å²) in [5.74, 6) is -0.903. The highest BCUT2D eigenvalue weighted by molar-refractivity contribution is 5.71. The van der Waals surface area contributed by atoms with E-state index in [9.17, 15) is 14.4 Å². The van der Waals surface area contributed by atoms with Crippen molar-refractivity contribution in [2.45, 2.75) is 309 Å². The van der Waals surface area contributed by atoms with E-state index in [2.05, 4.69) is 118 Å². The van der Waals surface area contributed by atoms with E-state index in [1.165, 1.54) is 141 Å². The van der Waals surface area contributed by atoms with E-state index in [-0.39, 0.29) is 31.1 Å². The minimum Gasteiger partial charge on any atom is -0.462 e. The van der Waals surface area contributed by atoms with Crippen molar-refractivity contribution in [3.05, 3.63) is 97.2 Å². The average Bonchev–Trinajstić information content (AvgIpc) is 3.41. The van der Waals surface area contributed by atoms with E-state index in [0.717, 1.165) is 122 Å². The molecule has 0 saturated carbocycles. The van der Waals surface area contributed by atoms with E-state index in [1.807, 2.05) is 0 Å². The summed E-state index contributed by atoms with van der Waals surface area (Å²) in [4.78, 5) is 38.3. The number of unbranched alkanes of at least 4 members (excludes halogenated alkanes) is 30. The normalized spacial score (nSPS) is 12.7. The third-order valence-electron chi connectivity index (χ3n) is 13.6. The minimum atomic E-state index is -0.793. The van der Waals surface area contributed by atoms with Crippen LogP contribution in [0.25, 0.3) is 0 Å². The Bertz CT molecular complexity index is 1480. The van der Waals surface area contributed by atoms with Crippen LogP contribution < -0.4 is 0 Å². The molecule has 0 spiro atoms. The smallest absolute Gasteiger partial charge is 0.306 e. The number of ether oxygens (including phenoxy) is 3. The Morgan fingerprint density at radius 2 is 0.520 bits per heavy atom. The largest absolute Gasteiger partial charge is 0.462 e. The van der Waals surface area contributed by atoms with Crippen molar-refractivity contribution in [3.8, 4) is 0 Å². The maximum absolute atomic E-state index is 12.9. The zero-order valence-electron chi connectivity index (χ0n) is 49.3. The molecule has 0 aromatic carbocycles. The third kappa shape index (κ3) is 61.1. The molecule has 6 heteroatoms. The first-order chi connectivity index (χ1) is 37.0.